The zero-order valence-corrected chi connectivity index (χ0v) is 18.5. The largest absolute Gasteiger partial charge is 0.323 e. The quantitative estimate of drug-likeness (QED) is 0.399. The van der Waals surface area contributed by atoms with Crippen LogP contribution in [-0.2, 0) is 10.0 Å². The molecule has 0 saturated carbocycles. The number of ketones is 1. The van der Waals surface area contributed by atoms with E-state index in [1.807, 2.05) is 0 Å². The van der Waals surface area contributed by atoms with Crippen molar-refractivity contribution < 1.29 is 18.0 Å². The predicted octanol–water partition coefficient (Wildman–Crippen LogP) is 5.64. The van der Waals surface area contributed by atoms with E-state index in [0.29, 0.717) is 16.3 Å². The molecule has 0 bridgehead atoms. The van der Waals surface area contributed by atoms with Gasteiger partial charge in [-0.25, -0.2) is 13.2 Å². The average molecular weight is 478 g/mol. The molecule has 0 radical (unpaired) electrons. The number of amides is 2. The Morgan fingerprint density at radius 1 is 0.774 bits per heavy atom. The Morgan fingerprint density at radius 3 is 2.06 bits per heavy atom. The van der Waals surface area contributed by atoms with Crippen molar-refractivity contribution in [2.45, 2.75) is 11.8 Å². The summed E-state index contributed by atoms with van der Waals surface area (Å²) in [5.41, 5.74) is 1.53. The van der Waals surface area contributed by atoms with Gasteiger partial charge in [0, 0.05) is 16.9 Å². The van der Waals surface area contributed by atoms with Crippen LogP contribution in [0, 0.1) is 0 Å². The number of Topliss-reactive ketones (excluding diaryl/α,β-unsaturated/α-hetero) is 1. The number of urea groups is 1. The summed E-state index contributed by atoms with van der Waals surface area (Å²) in [5.74, 6) is -0.0801. The van der Waals surface area contributed by atoms with Crippen LogP contribution in [0.2, 0.25) is 10.0 Å². The summed E-state index contributed by atoms with van der Waals surface area (Å²) in [6, 6.07) is 15.9. The van der Waals surface area contributed by atoms with Crippen molar-refractivity contribution in [2.24, 2.45) is 0 Å². The van der Waals surface area contributed by atoms with Crippen LogP contribution in [0.25, 0.3) is 0 Å². The molecule has 7 nitrogen and oxygen atoms in total. The van der Waals surface area contributed by atoms with E-state index in [1.165, 1.54) is 43.3 Å². The van der Waals surface area contributed by atoms with Gasteiger partial charge in [-0.2, -0.15) is 0 Å². The molecule has 0 atom stereocenters. The van der Waals surface area contributed by atoms with Gasteiger partial charge < -0.3 is 10.6 Å². The molecule has 0 fully saturated rings. The van der Waals surface area contributed by atoms with Crippen LogP contribution in [0.4, 0.5) is 21.9 Å². The van der Waals surface area contributed by atoms with Gasteiger partial charge in [-0.05, 0) is 67.6 Å². The lowest BCUT2D eigenvalue weighted by Gasteiger charge is -2.11. The van der Waals surface area contributed by atoms with E-state index < -0.39 is 16.1 Å². The Hall–Kier alpha value is -3.07. The smallest absolute Gasteiger partial charge is 0.308 e. The topological polar surface area (TPSA) is 104 Å². The zero-order chi connectivity index (χ0) is 22.6. The number of hydrogen-bond acceptors (Lipinski definition) is 4. The van der Waals surface area contributed by atoms with E-state index in [2.05, 4.69) is 15.4 Å². The second kappa shape index (κ2) is 9.38. The lowest BCUT2D eigenvalue weighted by atomic mass is 10.1. The molecule has 2 amide bonds. The molecule has 0 aliphatic rings. The average Bonchev–Trinajstić information content (AvgIpc) is 2.71. The number of carbonyl (C=O) groups is 2. The van der Waals surface area contributed by atoms with Crippen molar-refractivity contribution in [1.29, 1.82) is 0 Å². The number of benzene rings is 3. The first-order chi connectivity index (χ1) is 14.6. The molecule has 0 aliphatic carbocycles. The van der Waals surface area contributed by atoms with Crippen LogP contribution in [0.3, 0.4) is 0 Å². The SMILES string of the molecule is CC(=O)c1ccc(NC(=O)Nc2cccc(S(=O)(=O)Nc3ccc(Cl)c(Cl)c3)c2)cc1. The normalized spacial score (nSPS) is 10.9. The molecule has 0 saturated heterocycles. The molecule has 160 valence electrons. The van der Waals surface area contributed by atoms with E-state index >= 15 is 0 Å². The first-order valence-corrected chi connectivity index (χ1v) is 11.1. The van der Waals surface area contributed by atoms with Gasteiger partial charge in [0.05, 0.1) is 20.6 Å². The highest BCUT2D eigenvalue weighted by molar-refractivity contribution is 7.92. The maximum atomic E-state index is 12.7. The highest BCUT2D eigenvalue weighted by Crippen LogP contribution is 2.27. The van der Waals surface area contributed by atoms with E-state index in [1.54, 1.807) is 30.3 Å². The van der Waals surface area contributed by atoms with Gasteiger partial charge in [0.15, 0.2) is 5.78 Å². The van der Waals surface area contributed by atoms with E-state index in [4.69, 9.17) is 23.2 Å². The van der Waals surface area contributed by atoms with Gasteiger partial charge in [-0.15, -0.1) is 0 Å². The van der Waals surface area contributed by atoms with Crippen LogP contribution < -0.4 is 15.4 Å². The van der Waals surface area contributed by atoms with Crippen molar-refractivity contribution >= 4 is 62.1 Å². The highest BCUT2D eigenvalue weighted by Gasteiger charge is 2.16. The summed E-state index contributed by atoms with van der Waals surface area (Å²) in [7, 11) is -3.93. The minimum atomic E-state index is -3.93. The summed E-state index contributed by atoms with van der Waals surface area (Å²) < 4.78 is 27.8. The van der Waals surface area contributed by atoms with Crippen molar-refractivity contribution in [1.82, 2.24) is 0 Å². The second-order valence-electron chi connectivity index (χ2n) is 6.47. The number of halogens is 2. The maximum Gasteiger partial charge on any atom is 0.323 e. The number of carbonyl (C=O) groups excluding carboxylic acids is 2. The van der Waals surface area contributed by atoms with E-state index in [9.17, 15) is 18.0 Å². The predicted molar refractivity (Wildman–Crippen MR) is 123 cm³/mol. The third kappa shape index (κ3) is 5.97. The van der Waals surface area contributed by atoms with Gasteiger partial charge >= 0.3 is 6.03 Å². The Kier molecular flexibility index (Phi) is 6.84. The van der Waals surface area contributed by atoms with Crippen LogP contribution in [0.5, 0.6) is 0 Å². The molecular formula is C21H17Cl2N3O4S. The Bertz CT molecular complexity index is 1250. The molecule has 0 aromatic heterocycles. The number of hydrogen-bond donors (Lipinski definition) is 3. The van der Waals surface area contributed by atoms with Crippen LogP contribution in [0.1, 0.15) is 17.3 Å². The minimum absolute atomic E-state index is 0.0535. The Labute approximate surface area is 189 Å². The van der Waals surface area contributed by atoms with Crippen LogP contribution in [-0.4, -0.2) is 20.2 Å². The standard InChI is InChI=1S/C21H17Cl2N3O4S/c1-13(27)14-5-7-15(8-6-14)24-21(28)25-16-3-2-4-18(11-16)31(29,30)26-17-9-10-19(22)20(23)12-17/h2-12,26H,1H3,(H2,24,25,28). The van der Waals surface area contributed by atoms with Crippen molar-refractivity contribution in [3.8, 4) is 0 Å². The second-order valence-corrected chi connectivity index (χ2v) is 8.97. The number of rotatable bonds is 6. The minimum Gasteiger partial charge on any atom is -0.308 e. The summed E-state index contributed by atoms with van der Waals surface area (Å²) in [6.07, 6.45) is 0. The fraction of sp³-hybridized carbons (Fsp3) is 0.0476. The fourth-order valence-electron chi connectivity index (χ4n) is 2.60. The zero-order valence-electron chi connectivity index (χ0n) is 16.1. The molecule has 3 aromatic rings. The third-order valence-electron chi connectivity index (χ3n) is 4.12. The fourth-order valence-corrected chi connectivity index (χ4v) is 3.99. The van der Waals surface area contributed by atoms with Gasteiger partial charge in [0.25, 0.3) is 10.0 Å². The first-order valence-electron chi connectivity index (χ1n) is 8.91. The molecule has 0 heterocycles. The van der Waals surface area contributed by atoms with E-state index in [-0.39, 0.29) is 27.1 Å². The molecule has 0 unspecified atom stereocenters. The lowest BCUT2D eigenvalue weighted by Crippen LogP contribution is -2.20. The van der Waals surface area contributed by atoms with Gasteiger partial charge in [0.1, 0.15) is 0 Å². The molecule has 10 heteroatoms. The number of nitrogens with one attached hydrogen (secondary N) is 3. The monoisotopic (exact) mass is 477 g/mol. The summed E-state index contributed by atoms with van der Waals surface area (Å²) in [5, 5.41) is 5.70. The molecule has 31 heavy (non-hydrogen) atoms. The van der Waals surface area contributed by atoms with Crippen LogP contribution in [0.15, 0.2) is 71.6 Å². The number of anilines is 3. The lowest BCUT2D eigenvalue weighted by molar-refractivity contribution is 0.101. The van der Waals surface area contributed by atoms with E-state index in [0.717, 1.165) is 0 Å². The molecule has 0 spiro atoms. The summed E-state index contributed by atoms with van der Waals surface area (Å²) in [4.78, 5) is 23.5. The first kappa shape index (κ1) is 22.6. The van der Waals surface area contributed by atoms with Crippen molar-refractivity contribution in [3.05, 3.63) is 82.3 Å². The van der Waals surface area contributed by atoms with Crippen LogP contribution >= 0.6 is 23.2 Å². The summed E-state index contributed by atoms with van der Waals surface area (Å²) in [6.45, 7) is 1.45. The van der Waals surface area contributed by atoms with Crippen molar-refractivity contribution in [2.75, 3.05) is 15.4 Å². The number of sulfonamides is 1. The summed E-state index contributed by atoms with van der Waals surface area (Å²) >= 11 is 11.8. The molecule has 3 rings (SSSR count). The Balaban J connectivity index is 1.70. The molecule has 3 aromatic carbocycles. The van der Waals surface area contributed by atoms with Gasteiger partial charge in [0.2, 0.25) is 0 Å². The molecular weight excluding hydrogens is 461 g/mol. The Morgan fingerprint density at radius 2 is 1.42 bits per heavy atom. The van der Waals surface area contributed by atoms with Gasteiger partial charge in [-0.3, -0.25) is 9.52 Å². The van der Waals surface area contributed by atoms with Crippen molar-refractivity contribution in [3.63, 3.8) is 0 Å². The third-order valence-corrected chi connectivity index (χ3v) is 6.24. The molecule has 3 N–H and O–H groups in total. The maximum absolute atomic E-state index is 12.7. The highest BCUT2D eigenvalue weighted by atomic mass is 35.5. The van der Waals surface area contributed by atoms with Gasteiger partial charge in [-0.1, -0.05) is 29.3 Å². The molecule has 0 aliphatic heterocycles.